The average molecular weight is 200 g/mol. The third-order valence-electron chi connectivity index (χ3n) is 2.54. The lowest BCUT2D eigenvalue weighted by Crippen LogP contribution is -2.40. The third-order valence-corrected chi connectivity index (χ3v) is 2.54. The number of likely N-dealkylation sites (tertiary alicyclic amines) is 1. The van der Waals surface area contributed by atoms with Gasteiger partial charge in [0.25, 0.3) is 0 Å². The van der Waals surface area contributed by atoms with E-state index in [-0.39, 0.29) is 11.9 Å². The standard InChI is InChI=1S/C10H20N2O2/c1-3-14-7-9-4-5-12(6-9)10(13)8(2)11/h8-9H,3-7,11H2,1-2H3/t8-,9+/m0/s1. The van der Waals surface area contributed by atoms with Crippen molar-refractivity contribution in [2.24, 2.45) is 11.7 Å². The summed E-state index contributed by atoms with van der Waals surface area (Å²) in [5.41, 5.74) is 5.54. The van der Waals surface area contributed by atoms with Gasteiger partial charge in [-0.2, -0.15) is 0 Å². The number of carbonyl (C=O) groups is 1. The molecule has 2 atom stereocenters. The molecule has 1 saturated heterocycles. The fourth-order valence-corrected chi connectivity index (χ4v) is 1.74. The van der Waals surface area contributed by atoms with Crippen LogP contribution in [0.2, 0.25) is 0 Å². The molecular weight excluding hydrogens is 180 g/mol. The summed E-state index contributed by atoms with van der Waals surface area (Å²) >= 11 is 0. The zero-order chi connectivity index (χ0) is 10.6. The number of ether oxygens (including phenoxy) is 1. The molecule has 0 unspecified atom stereocenters. The molecule has 4 nitrogen and oxygen atoms in total. The molecule has 0 saturated carbocycles. The Kier molecular flexibility index (Phi) is 4.35. The predicted octanol–water partition coefficient (Wildman–Crippen LogP) is 0.219. The van der Waals surface area contributed by atoms with Crippen LogP contribution in [0, 0.1) is 5.92 Å². The maximum Gasteiger partial charge on any atom is 0.239 e. The molecule has 0 spiro atoms. The summed E-state index contributed by atoms with van der Waals surface area (Å²) in [5, 5.41) is 0. The van der Waals surface area contributed by atoms with Gasteiger partial charge >= 0.3 is 0 Å². The molecule has 2 N–H and O–H groups in total. The summed E-state index contributed by atoms with van der Waals surface area (Å²) in [6, 6.07) is -0.374. The summed E-state index contributed by atoms with van der Waals surface area (Å²) in [6.07, 6.45) is 1.04. The summed E-state index contributed by atoms with van der Waals surface area (Å²) in [7, 11) is 0. The Labute approximate surface area is 85.4 Å². The van der Waals surface area contributed by atoms with Crippen LogP contribution in [0.5, 0.6) is 0 Å². The van der Waals surface area contributed by atoms with Gasteiger partial charge in [0.1, 0.15) is 0 Å². The smallest absolute Gasteiger partial charge is 0.239 e. The largest absolute Gasteiger partial charge is 0.381 e. The highest BCUT2D eigenvalue weighted by molar-refractivity contribution is 5.81. The molecule has 1 aliphatic heterocycles. The highest BCUT2D eigenvalue weighted by atomic mass is 16.5. The molecule has 0 bridgehead atoms. The van der Waals surface area contributed by atoms with Crippen LogP contribution in [0.3, 0.4) is 0 Å². The minimum absolute atomic E-state index is 0.0593. The molecular formula is C10H20N2O2. The normalized spacial score (nSPS) is 23.9. The van der Waals surface area contributed by atoms with Gasteiger partial charge in [-0.25, -0.2) is 0 Å². The molecule has 1 amide bonds. The van der Waals surface area contributed by atoms with Crippen LogP contribution in [0.25, 0.3) is 0 Å². The van der Waals surface area contributed by atoms with E-state index in [1.54, 1.807) is 6.92 Å². The molecule has 0 aromatic carbocycles. The highest BCUT2D eigenvalue weighted by Gasteiger charge is 2.27. The fourth-order valence-electron chi connectivity index (χ4n) is 1.74. The van der Waals surface area contributed by atoms with E-state index in [1.165, 1.54) is 0 Å². The van der Waals surface area contributed by atoms with Crippen molar-refractivity contribution in [2.45, 2.75) is 26.3 Å². The minimum Gasteiger partial charge on any atom is -0.381 e. The van der Waals surface area contributed by atoms with Crippen molar-refractivity contribution >= 4 is 5.91 Å². The predicted molar refractivity (Wildman–Crippen MR) is 54.8 cm³/mol. The number of nitrogens with two attached hydrogens (primary N) is 1. The van der Waals surface area contributed by atoms with Gasteiger partial charge in [0.15, 0.2) is 0 Å². The van der Waals surface area contributed by atoms with Crippen molar-refractivity contribution in [3.05, 3.63) is 0 Å². The fraction of sp³-hybridized carbons (Fsp3) is 0.900. The second-order valence-electron chi connectivity index (χ2n) is 3.89. The molecule has 1 fully saturated rings. The summed E-state index contributed by atoms with van der Waals surface area (Å²) in [4.78, 5) is 13.4. The number of hydrogen-bond acceptors (Lipinski definition) is 3. The van der Waals surface area contributed by atoms with Gasteiger partial charge in [0.2, 0.25) is 5.91 Å². The van der Waals surface area contributed by atoms with Gasteiger partial charge < -0.3 is 15.4 Å². The van der Waals surface area contributed by atoms with Gasteiger partial charge in [-0.3, -0.25) is 4.79 Å². The number of amides is 1. The van der Waals surface area contributed by atoms with Crippen LogP contribution >= 0.6 is 0 Å². The van der Waals surface area contributed by atoms with Crippen LogP contribution in [0.4, 0.5) is 0 Å². The Balaban J connectivity index is 2.30. The van der Waals surface area contributed by atoms with Crippen LogP contribution in [0.15, 0.2) is 0 Å². The molecule has 1 rings (SSSR count). The lowest BCUT2D eigenvalue weighted by Gasteiger charge is -2.18. The molecule has 0 aromatic heterocycles. The first-order valence-electron chi connectivity index (χ1n) is 5.27. The van der Waals surface area contributed by atoms with E-state index >= 15 is 0 Å². The van der Waals surface area contributed by atoms with Crippen LogP contribution < -0.4 is 5.73 Å². The molecule has 0 aromatic rings. The van der Waals surface area contributed by atoms with Gasteiger partial charge in [0, 0.05) is 25.6 Å². The summed E-state index contributed by atoms with van der Waals surface area (Å²) in [5.74, 6) is 0.557. The Morgan fingerprint density at radius 2 is 2.43 bits per heavy atom. The molecule has 0 radical (unpaired) electrons. The molecule has 14 heavy (non-hydrogen) atoms. The van der Waals surface area contributed by atoms with Crippen molar-refractivity contribution in [1.82, 2.24) is 4.90 Å². The molecule has 1 heterocycles. The third kappa shape index (κ3) is 2.96. The Morgan fingerprint density at radius 1 is 1.71 bits per heavy atom. The van der Waals surface area contributed by atoms with Gasteiger partial charge in [-0.05, 0) is 20.3 Å². The quantitative estimate of drug-likeness (QED) is 0.706. The van der Waals surface area contributed by atoms with Crippen molar-refractivity contribution in [1.29, 1.82) is 0 Å². The van der Waals surface area contributed by atoms with E-state index in [0.29, 0.717) is 5.92 Å². The summed E-state index contributed by atoms with van der Waals surface area (Å²) < 4.78 is 5.34. The van der Waals surface area contributed by atoms with Crippen molar-refractivity contribution in [3.63, 3.8) is 0 Å². The maximum atomic E-state index is 11.5. The maximum absolute atomic E-state index is 11.5. The second-order valence-corrected chi connectivity index (χ2v) is 3.89. The SMILES string of the molecule is CCOC[C@@H]1CCN(C(=O)[C@H](C)N)C1. The zero-order valence-corrected chi connectivity index (χ0v) is 9.03. The van der Waals surface area contributed by atoms with Crippen LogP contribution in [0.1, 0.15) is 20.3 Å². The first kappa shape index (κ1) is 11.5. The molecule has 4 heteroatoms. The van der Waals surface area contributed by atoms with Gasteiger partial charge in [0.05, 0.1) is 12.6 Å². The van der Waals surface area contributed by atoms with Crippen LogP contribution in [-0.4, -0.2) is 43.2 Å². The van der Waals surface area contributed by atoms with Crippen molar-refractivity contribution in [2.75, 3.05) is 26.3 Å². The first-order valence-corrected chi connectivity index (χ1v) is 5.27. The van der Waals surface area contributed by atoms with E-state index in [2.05, 4.69) is 0 Å². The Hall–Kier alpha value is -0.610. The number of rotatable bonds is 4. The molecule has 0 aliphatic carbocycles. The highest BCUT2D eigenvalue weighted by Crippen LogP contribution is 2.16. The Bertz CT molecular complexity index is 195. The van der Waals surface area contributed by atoms with Gasteiger partial charge in [-0.1, -0.05) is 0 Å². The monoisotopic (exact) mass is 200 g/mol. The number of nitrogens with zero attached hydrogens (tertiary/aromatic N) is 1. The Morgan fingerprint density at radius 3 is 3.00 bits per heavy atom. The zero-order valence-electron chi connectivity index (χ0n) is 9.03. The minimum atomic E-state index is -0.374. The first-order chi connectivity index (χ1) is 6.65. The lowest BCUT2D eigenvalue weighted by atomic mass is 10.1. The van der Waals surface area contributed by atoms with Gasteiger partial charge in [-0.15, -0.1) is 0 Å². The van der Waals surface area contributed by atoms with E-state index in [1.807, 2.05) is 11.8 Å². The van der Waals surface area contributed by atoms with E-state index in [9.17, 15) is 4.79 Å². The van der Waals surface area contributed by atoms with E-state index < -0.39 is 0 Å². The summed E-state index contributed by atoms with van der Waals surface area (Å²) in [6.45, 7) is 6.87. The van der Waals surface area contributed by atoms with E-state index in [4.69, 9.17) is 10.5 Å². The van der Waals surface area contributed by atoms with Crippen molar-refractivity contribution in [3.8, 4) is 0 Å². The average Bonchev–Trinajstić information content (AvgIpc) is 2.61. The van der Waals surface area contributed by atoms with E-state index in [0.717, 1.165) is 32.7 Å². The number of carbonyl (C=O) groups excluding carboxylic acids is 1. The van der Waals surface area contributed by atoms with Crippen molar-refractivity contribution < 1.29 is 9.53 Å². The molecule has 1 aliphatic rings. The number of hydrogen-bond donors (Lipinski definition) is 1. The topological polar surface area (TPSA) is 55.6 Å². The lowest BCUT2D eigenvalue weighted by molar-refractivity contribution is -0.131. The second kappa shape index (κ2) is 5.32. The van der Waals surface area contributed by atoms with Crippen LogP contribution in [-0.2, 0) is 9.53 Å². The molecule has 82 valence electrons.